The number of amides is 2. The first kappa shape index (κ1) is 15.1. The van der Waals surface area contributed by atoms with Crippen LogP contribution in [-0.4, -0.2) is 17.9 Å². The van der Waals surface area contributed by atoms with Crippen LogP contribution in [0.25, 0.3) is 0 Å². The van der Waals surface area contributed by atoms with Gasteiger partial charge in [0.1, 0.15) is 17.7 Å². The maximum atomic E-state index is 13.5. The maximum Gasteiger partial charge on any atom is 0.242 e. The molecule has 1 aromatic carbocycles. The van der Waals surface area contributed by atoms with Crippen molar-refractivity contribution in [2.45, 2.75) is 32.9 Å². The van der Waals surface area contributed by atoms with Crippen molar-refractivity contribution in [3.8, 4) is 0 Å². The van der Waals surface area contributed by atoms with E-state index < -0.39 is 29.6 Å². The van der Waals surface area contributed by atoms with E-state index in [1.807, 2.05) is 0 Å². The SMILES string of the molecule is CC(=O)NC(C)C(=O)NC(C)c1ccc(F)cc1F. The van der Waals surface area contributed by atoms with Crippen molar-refractivity contribution < 1.29 is 18.4 Å². The Kier molecular flexibility index (Phi) is 4.97. The molecule has 2 N–H and O–H groups in total. The van der Waals surface area contributed by atoms with Gasteiger partial charge in [0.25, 0.3) is 0 Å². The minimum atomic E-state index is -0.722. The van der Waals surface area contributed by atoms with E-state index in [9.17, 15) is 18.4 Å². The molecule has 0 radical (unpaired) electrons. The highest BCUT2D eigenvalue weighted by atomic mass is 19.1. The summed E-state index contributed by atoms with van der Waals surface area (Å²) in [6, 6.07) is 1.82. The van der Waals surface area contributed by atoms with Gasteiger partial charge >= 0.3 is 0 Å². The highest BCUT2D eigenvalue weighted by Crippen LogP contribution is 2.17. The summed E-state index contributed by atoms with van der Waals surface area (Å²) in [5.74, 6) is -2.17. The van der Waals surface area contributed by atoms with Gasteiger partial charge in [0.05, 0.1) is 6.04 Å². The lowest BCUT2D eigenvalue weighted by Crippen LogP contribution is -2.44. The number of hydrogen-bond acceptors (Lipinski definition) is 2. The second-order valence-electron chi connectivity index (χ2n) is 4.32. The number of carbonyl (C=O) groups excluding carboxylic acids is 2. The Hall–Kier alpha value is -1.98. The average molecular weight is 270 g/mol. The van der Waals surface area contributed by atoms with Crippen molar-refractivity contribution in [3.63, 3.8) is 0 Å². The smallest absolute Gasteiger partial charge is 0.242 e. The minimum absolute atomic E-state index is 0.185. The Morgan fingerprint density at radius 3 is 2.32 bits per heavy atom. The molecule has 2 atom stereocenters. The molecule has 2 amide bonds. The molecule has 0 fully saturated rings. The van der Waals surface area contributed by atoms with Gasteiger partial charge in [-0.15, -0.1) is 0 Å². The van der Waals surface area contributed by atoms with Crippen LogP contribution in [0.15, 0.2) is 18.2 Å². The molecule has 0 aliphatic rings. The van der Waals surface area contributed by atoms with Crippen LogP contribution >= 0.6 is 0 Å². The van der Waals surface area contributed by atoms with Crippen molar-refractivity contribution in [3.05, 3.63) is 35.4 Å². The van der Waals surface area contributed by atoms with Crippen LogP contribution in [0.2, 0.25) is 0 Å². The van der Waals surface area contributed by atoms with Gasteiger partial charge < -0.3 is 10.6 Å². The average Bonchev–Trinajstić information content (AvgIpc) is 2.27. The third-order valence-electron chi connectivity index (χ3n) is 2.60. The van der Waals surface area contributed by atoms with Crippen LogP contribution in [-0.2, 0) is 9.59 Å². The molecule has 0 aliphatic carbocycles. The van der Waals surface area contributed by atoms with E-state index in [0.29, 0.717) is 0 Å². The predicted molar refractivity (Wildman–Crippen MR) is 66.2 cm³/mol. The summed E-state index contributed by atoms with van der Waals surface area (Å²) in [6.45, 7) is 4.39. The molecule has 19 heavy (non-hydrogen) atoms. The zero-order valence-electron chi connectivity index (χ0n) is 11.0. The molecule has 1 rings (SSSR count). The molecule has 6 heteroatoms. The summed E-state index contributed by atoms with van der Waals surface area (Å²) in [5.41, 5.74) is 0.185. The first-order chi connectivity index (χ1) is 8.81. The van der Waals surface area contributed by atoms with Gasteiger partial charge in [0, 0.05) is 18.6 Å². The molecule has 0 bridgehead atoms. The van der Waals surface area contributed by atoms with Crippen LogP contribution in [0.1, 0.15) is 32.4 Å². The lowest BCUT2D eigenvalue weighted by Gasteiger charge is -2.18. The molecule has 0 saturated carbocycles. The number of carbonyl (C=O) groups is 2. The molecule has 4 nitrogen and oxygen atoms in total. The molecular weight excluding hydrogens is 254 g/mol. The van der Waals surface area contributed by atoms with Crippen molar-refractivity contribution in [1.29, 1.82) is 0 Å². The molecule has 1 aromatic rings. The molecule has 0 aromatic heterocycles. The molecule has 0 spiro atoms. The largest absolute Gasteiger partial charge is 0.348 e. The fraction of sp³-hybridized carbons (Fsp3) is 0.385. The third-order valence-corrected chi connectivity index (χ3v) is 2.60. The predicted octanol–water partition coefficient (Wildman–Crippen LogP) is 1.67. The number of halogens is 2. The van der Waals surface area contributed by atoms with Crippen molar-refractivity contribution in [2.24, 2.45) is 0 Å². The van der Waals surface area contributed by atoms with E-state index in [1.165, 1.54) is 19.9 Å². The van der Waals surface area contributed by atoms with Gasteiger partial charge in [-0.05, 0) is 19.9 Å². The zero-order valence-corrected chi connectivity index (χ0v) is 11.0. The van der Waals surface area contributed by atoms with Crippen molar-refractivity contribution in [1.82, 2.24) is 10.6 Å². The Morgan fingerprint density at radius 1 is 1.16 bits per heavy atom. The van der Waals surface area contributed by atoms with Crippen LogP contribution in [0.3, 0.4) is 0 Å². The van der Waals surface area contributed by atoms with E-state index in [1.54, 1.807) is 6.92 Å². The minimum Gasteiger partial charge on any atom is -0.348 e. The lowest BCUT2D eigenvalue weighted by atomic mass is 10.1. The molecule has 104 valence electrons. The Bertz CT molecular complexity index is 492. The van der Waals surface area contributed by atoms with Gasteiger partial charge in [-0.3, -0.25) is 9.59 Å². The Balaban J connectivity index is 2.71. The highest BCUT2D eigenvalue weighted by molar-refractivity contribution is 5.86. The molecule has 0 aliphatic heterocycles. The van der Waals surface area contributed by atoms with Crippen molar-refractivity contribution >= 4 is 11.8 Å². The summed E-state index contributed by atoms with van der Waals surface area (Å²) >= 11 is 0. The van der Waals surface area contributed by atoms with Gasteiger partial charge in [-0.1, -0.05) is 6.07 Å². The standard InChI is InChI=1S/C13H16F2N2O2/c1-7(11-5-4-10(14)6-12(11)15)17-13(19)8(2)16-9(3)18/h4-8H,1-3H3,(H,16,18)(H,17,19). The number of nitrogens with one attached hydrogen (secondary N) is 2. The second kappa shape index (κ2) is 6.26. The monoisotopic (exact) mass is 270 g/mol. The highest BCUT2D eigenvalue weighted by Gasteiger charge is 2.18. The van der Waals surface area contributed by atoms with Gasteiger partial charge in [-0.2, -0.15) is 0 Å². The quantitative estimate of drug-likeness (QED) is 0.874. The van der Waals surface area contributed by atoms with Crippen molar-refractivity contribution in [2.75, 3.05) is 0 Å². The van der Waals surface area contributed by atoms with Crippen LogP contribution in [0, 0.1) is 11.6 Å². The molecular formula is C13H16F2N2O2. The summed E-state index contributed by atoms with van der Waals surface area (Å²) < 4.78 is 26.3. The fourth-order valence-corrected chi connectivity index (χ4v) is 1.64. The van der Waals surface area contributed by atoms with Gasteiger partial charge in [0.15, 0.2) is 0 Å². The van der Waals surface area contributed by atoms with Gasteiger partial charge in [0.2, 0.25) is 11.8 Å². The Morgan fingerprint density at radius 2 is 1.79 bits per heavy atom. The third kappa shape index (κ3) is 4.31. The van der Waals surface area contributed by atoms with Crippen LogP contribution in [0.5, 0.6) is 0 Å². The van der Waals surface area contributed by atoms with E-state index in [0.717, 1.165) is 12.1 Å². The first-order valence-electron chi connectivity index (χ1n) is 5.83. The lowest BCUT2D eigenvalue weighted by molar-refractivity contribution is -0.128. The molecule has 2 unspecified atom stereocenters. The van der Waals surface area contributed by atoms with Gasteiger partial charge in [-0.25, -0.2) is 8.78 Å². The number of benzene rings is 1. The second-order valence-corrected chi connectivity index (χ2v) is 4.32. The summed E-state index contributed by atoms with van der Waals surface area (Å²) in [6.07, 6.45) is 0. The first-order valence-corrected chi connectivity index (χ1v) is 5.83. The summed E-state index contributed by atoms with van der Waals surface area (Å²) in [5, 5.41) is 4.96. The maximum absolute atomic E-state index is 13.5. The zero-order chi connectivity index (χ0) is 14.6. The fourth-order valence-electron chi connectivity index (χ4n) is 1.64. The van der Waals surface area contributed by atoms with E-state index >= 15 is 0 Å². The summed E-state index contributed by atoms with van der Waals surface area (Å²) in [4.78, 5) is 22.5. The normalized spacial score (nSPS) is 13.5. The van der Waals surface area contributed by atoms with E-state index in [-0.39, 0.29) is 11.5 Å². The molecule has 0 saturated heterocycles. The number of hydrogen-bond donors (Lipinski definition) is 2. The molecule has 0 heterocycles. The van der Waals surface area contributed by atoms with E-state index in [4.69, 9.17) is 0 Å². The summed E-state index contributed by atoms with van der Waals surface area (Å²) in [7, 11) is 0. The van der Waals surface area contributed by atoms with Crippen LogP contribution in [0.4, 0.5) is 8.78 Å². The topological polar surface area (TPSA) is 58.2 Å². The number of rotatable bonds is 4. The van der Waals surface area contributed by atoms with Crippen LogP contribution < -0.4 is 10.6 Å². The Labute approximate surface area is 110 Å². The van der Waals surface area contributed by atoms with E-state index in [2.05, 4.69) is 10.6 Å².